The lowest BCUT2D eigenvalue weighted by Crippen LogP contribution is -2.55. The lowest BCUT2D eigenvalue weighted by molar-refractivity contribution is -0.203. The summed E-state index contributed by atoms with van der Waals surface area (Å²) in [5.41, 5.74) is 0.780. The quantitative estimate of drug-likeness (QED) is 0.913. The van der Waals surface area contributed by atoms with Gasteiger partial charge >= 0.3 is 12.1 Å². The van der Waals surface area contributed by atoms with Crippen LogP contribution in [0.3, 0.4) is 0 Å². The Bertz CT molecular complexity index is 575. The van der Waals surface area contributed by atoms with Gasteiger partial charge in [-0.15, -0.1) is 0 Å². The minimum absolute atomic E-state index is 0.00998. The predicted molar refractivity (Wildman–Crippen MR) is 81.1 cm³/mol. The van der Waals surface area contributed by atoms with Gasteiger partial charge in [-0.3, -0.25) is 4.90 Å². The molecule has 1 aromatic rings. The fourth-order valence-corrected chi connectivity index (χ4v) is 2.37. The predicted octanol–water partition coefficient (Wildman–Crippen LogP) is 2.10. The molecule has 1 aliphatic rings. The van der Waals surface area contributed by atoms with E-state index in [1.165, 1.54) is 19.2 Å². The summed E-state index contributed by atoms with van der Waals surface area (Å²) >= 11 is 0. The highest BCUT2D eigenvalue weighted by atomic mass is 16.7. The summed E-state index contributed by atoms with van der Waals surface area (Å²) in [6.45, 7) is 4.04. The van der Waals surface area contributed by atoms with Gasteiger partial charge in [0.25, 0.3) is 0 Å². The molecule has 0 spiro atoms. The van der Waals surface area contributed by atoms with E-state index in [0.29, 0.717) is 5.56 Å². The Kier molecular flexibility index (Phi) is 5.57. The number of rotatable bonds is 4. The van der Waals surface area contributed by atoms with Gasteiger partial charge in [0.1, 0.15) is 6.61 Å². The van der Waals surface area contributed by atoms with E-state index in [0.717, 1.165) is 0 Å². The molecule has 1 heterocycles. The van der Waals surface area contributed by atoms with Gasteiger partial charge in [-0.1, -0.05) is 12.1 Å². The molecule has 2 unspecified atom stereocenters. The maximum Gasteiger partial charge on any atom is 0.410 e. The van der Waals surface area contributed by atoms with Crippen molar-refractivity contribution >= 4 is 12.1 Å². The zero-order valence-corrected chi connectivity index (χ0v) is 13.4. The van der Waals surface area contributed by atoms with Crippen LogP contribution in [-0.4, -0.2) is 54.2 Å². The minimum atomic E-state index is -1.02. The molecule has 1 aromatic carbocycles. The molecule has 0 saturated carbocycles. The summed E-state index contributed by atoms with van der Waals surface area (Å²) in [5, 5.41) is 8.97. The second kappa shape index (κ2) is 7.43. The number of carboxylic acid groups (broad SMARTS) is 1. The SMILES string of the molecule is COC1CN(C(=O)OCc2cccc(C(=O)O)c2)C(C)[C@@H](C)O1. The molecule has 1 aliphatic heterocycles. The van der Waals surface area contributed by atoms with E-state index >= 15 is 0 Å². The molecule has 23 heavy (non-hydrogen) atoms. The number of hydrogen-bond acceptors (Lipinski definition) is 5. The molecule has 1 saturated heterocycles. The normalized spacial score (nSPS) is 24.3. The highest BCUT2D eigenvalue weighted by molar-refractivity contribution is 5.87. The van der Waals surface area contributed by atoms with Crippen molar-refractivity contribution in [3.05, 3.63) is 35.4 Å². The third-order valence-electron chi connectivity index (χ3n) is 3.92. The second-order valence-corrected chi connectivity index (χ2v) is 5.46. The smallest absolute Gasteiger partial charge is 0.410 e. The average molecular weight is 323 g/mol. The van der Waals surface area contributed by atoms with Crippen LogP contribution in [0.1, 0.15) is 29.8 Å². The topological polar surface area (TPSA) is 85.3 Å². The first-order valence-electron chi connectivity index (χ1n) is 7.36. The number of aromatic carboxylic acids is 1. The number of methoxy groups -OCH3 is 1. The van der Waals surface area contributed by atoms with Gasteiger partial charge in [-0.2, -0.15) is 0 Å². The highest BCUT2D eigenvalue weighted by Gasteiger charge is 2.35. The van der Waals surface area contributed by atoms with E-state index in [1.54, 1.807) is 17.0 Å². The minimum Gasteiger partial charge on any atom is -0.478 e. The molecule has 1 N–H and O–H groups in total. The fourth-order valence-electron chi connectivity index (χ4n) is 2.37. The van der Waals surface area contributed by atoms with Crippen molar-refractivity contribution in [3.8, 4) is 0 Å². The Morgan fingerprint density at radius 3 is 2.78 bits per heavy atom. The van der Waals surface area contributed by atoms with Crippen LogP contribution in [0.15, 0.2) is 24.3 Å². The fraction of sp³-hybridized carbons (Fsp3) is 0.500. The van der Waals surface area contributed by atoms with Crippen molar-refractivity contribution in [1.82, 2.24) is 4.90 Å². The van der Waals surface area contributed by atoms with Crippen molar-refractivity contribution in [2.75, 3.05) is 13.7 Å². The molecule has 7 heteroatoms. The maximum atomic E-state index is 12.3. The van der Waals surface area contributed by atoms with Crippen LogP contribution in [0, 0.1) is 0 Å². The number of amides is 1. The molecule has 0 aliphatic carbocycles. The van der Waals surface area contributed by atoms with Crippen molar-refractivity contribution in [2.45, 2.75) is 38.9 Å². The van der Waals surface area contributed by atoms with Crippen LogP contribution in [0.5, 0.6) is 0 Å². The lowest BCUT2D eigenvalue weighted by Gasteiger charge is -2.40. The second-order valence-electron chi connectivity index (χ2n) is 5.46. The van der Waals surface area contributed by atoms with E-state index in [2.05, 4.69) is 0 Å². The van der Waals surface area contributed by atoms with E-state index in [4.69, 9.17) is 19.3 Å². The average Bonchev–Trinajstić information content (AvgIpc) is 2.55. The van der Waals surface area contributed by atoms with Crippen molar-refractivity contribution in [1.29, 1.82) is 0 Å². The van der Waals surface area contributed by atoms with Crippen LogP contribution in [0.4, 0.5) is 4.79 Å². The van der Waals surface area contributed by atoms with Gasteiger partial charge in [-0.25, -0.2) is 9.59 Å². The van der Waals surface area contributed by atoms with E-state index in [9.17, 15) is 9.59 Å². The summed E-state index contributed by atoms with van der Waals surface area (Å²) in [5.74, 6) is -1.02. The molecule has 0 aromatic heterocycles. The Balaban J connectivity index is 1.98. The van der Waals surface area contributed by atoms with Crippen molar-refractivity contribution in [3.63, 3.8) is 0 Å². The summed E-state index contributed by atoms with van der Waals surface area (Å²) in [6.07, 6.45) is -1.13. The number of carbonyl (C=O) groups excluding carboxylic acids is 1. The van der Waals surface area contributed by atoms with Crippen molar-refractivity contribution < 1.29 is 28.9 Å². The number of carboxylic acids is 1. The number of ether oxygens (including phenoxy) is 3. The molecule has 7 nitrogen and oxygen atoms in total. The lowest BCUT2D eigenvalue weighted by atomic mass is 10.1. The Hall–Kier alpha value is -2.12. The number of carbonyl (C=O) groups is 2. The molecule has 126 valence electrons. The largest absolute Gasteiger partial charge is 0.478 e. The van der Waals surface area contributed by atoms with Crippen LogP contribution in [-0.2, 0) is 20.8 Å². The Labute approximate surface area is 134 Å². The van der Waals surface area contributed by atoms with Gasteiger partial charge < -0.3 is 19.3 Å². The Morgan fingerprint density at radius 1 is 1.39 bits per heavy atom. The molecule has 3 atom stereocenters. The summed E-state index contributed by atoms with van der Waals surface area (Å²) < 4.78 is 16.1. The molecular weight excluding hydrogens is 302 g/mol. The van der Waals surface area contributed by atoms with E-state index < -0.39 is 18.4 Å². The van der Waals surface area contributed by atoms with Crippen LogP contribution in [0.2, 0.25) is 0 Å². The molecule has 2 rings (SSSR count). The third-order valence-corrected chi connectivity index (χ3v) is 3.92. The zero-order valence-electron chi connectivity index (χ0n) is 13.4. The molecule has 1 fully saturated rings. The highest BCUT2D eigenvalue weighted by Crippen LogP contribution is 2.20. The van der Waals surface area contributed by atoms with Crippen molar-refractivity contribution in [2.24, 2.45) is 0 Å². The number of nitrogens with zero attached hydrogens (tertiary/aromatic N) is 1. The third kappa shape index (κ3) is 4.20. The number of benzene rings is 1. The molecule has 0 bridgehead atoms. The first-order valence-corrected chi connectivity index (χ1v) is 7.36. The van der Waals surface area contributed by atoms with Gasteiger partial charge in [0, 0.05) is 7.11 Å². The first-order chi connectivity index (χ1) is 10.9. The summed E-state index contributed by atoms with van der Waals surface area (Å²) in [7, 11) is 1.52. The van der Waals surface area contributed by atoms with Crippen LogP contribution >= 0.6 is 0 Å². The Morgan fingerprint density at radius 2 is 2.13 bits per heavy atom. The summed E-state index contributed by atoms with van der Waals surface area (Å²) in [6, 6.07) is 6.16. The van der Waals surface area contributed by atoms with Gasteiger partial charge in [0.15, 0.2) is 6.29 Å². The number of morpholine rings is 1. The molecule has 0 radical (unpaired) electrons. The monoisotopic (exact) mass is 323 g/mol. The van der Waals surface area contributed by atoms with E-state index in [-0.39, 0.29) is 30.9 Å². The first kappa shape index (κ1) is 17.2. The number of hydrogen-bond donors (Lipinski definition) is 1. The van der Waals surface area contributed by atoms with Gasteiger partial charge in [0.05, 0.1) is 24.3 Å². The summed E-state index contributed by atoms with van der Waals surface area (Å²) in [4.78, 5) is 24.8. The van der Waals surface area contributed by atoms with Crippen LogP contribution in [0.25, 0.3) is 0 Å². The van der Waals surface area contributed by atoms with Gasteiger partial charge in [-0.05, 0) is 31.5 Å². The maximum absolute atomic E-state index is 12.3. The van der Waals surface area contributed by atoms with Gasteiger partial charge in [0.2, 0.25) is 0 Å². The molecule has 1 amide bonds. The standard InChI is InChI=1S/C16H21NO6/c1-10-11(2)23-14(21-3)8-17(10)16(20)22-9-12-5-4-6-13(7-12)15(18)19/h4-7,10-11,14H,8-9H2,1-3H3,(H,18,19)/t10?,11-,14?/m1/s1. The zero-order chi connectivity index (χ0) is 17.0. The van der Waals surface area contributed by atoms with Crippen LogP contribution < -0.4 is 0 Å². The van der Waals surface area contributed by atoms with E-state index in [1.807, 2.05) is 13.8 Å². The molecular formula is C16H21NO6.